The standard InChI is InChI=1S/C9H12N2O2S/c1-10-8(12)7-9(11-5-14-7)13-4-6-2-3-6/h5-6H,2-4H2,1H3,(H,10,12). The molecule has 0 aromatic carbocycles. The number of rotatable bonds is 4. The highest BCUT2D eigenvalue weighted by atomic mass is 32.1. The van der Waals surface area contributed by atoms with E-state index in [1.807, 2.05) is 0 Å². The van der Waals surface area contributed by atoms with E-state index in [9.17, 15) is 4.79 Å². The van der Waals surface area contributed by atoms with Gasteiger partial charge in [0.05, 0.1) is 12.1 Å². The lowest BCUT2D eigenvalue weighted by Gasteiger charge is -2.03. The summed E-state index contributed by atoms with van der Waals surface area (Å²) < 4.78 is 5.46. The topological polar surface area (TPSA) is 51.2 Å². The van der Waals surface area contributed by atoms with Gasteiger partial charge in [0.15, 0.2) is 4.88 Å². The van der Waals surface area contributed by atoms with E-state index in [-0.39, 0.29) is 5.91 Å². The van der Waals surface area contributed by atoms with Gasteiger partial charge in [-0.05, 0) is 18.8 Å². The number of hydrogen-bond acceptors (Lipinski definition) is 4. The van der Waals surface area contributed by atoms with Crippen molar-refractivity contribution in [1.82, 2.24) is 10.3 Å². The van der Waals surface area contributed by atoms with Gasteiger partial charge >= 0.3 is 0 Å². The Morgan fingerprint density at radius 2 is 2.57 bits per heavy atom. The van der Waals surface area contributed by atoms with Crippen molar-refractivity contribution in [2.75, 3.05) is 13.7 Å². The van der Waals surface area contributed by atoms with E-state index in [2.05, 4.69) is 10.3 Å². The molecule has 0 bridgehead atoms. The molecule has 0 radical (unpaired) electrons. The van der Waals surface area contributed by atoms with Crippen molar-refractivity contribution in [3.63, 3.8) is 0 Å². The highest BCUT2D eigenvalue weighted by Crippen LogP contribution is 2.30. The van der Waals surface area contributed by atoms with Crippen LogP contribution in [0.25, 0.3) is 0 Å². The average molecular weight is 212 g/mol. The second-order valence-electron chi connectivity index (χ2n) is 3.32. The van der Waals surface area contributed by atoms with Gasteiger partial charge in [0.25, 0.3) is 5.91 Å². The third-order valence-electron chi connectivity index (χ3n) is 2.12. The normalized spacial score (nSPS) is 15.2. The zero-order valence-corrected chi connectivity index (χ0v) is 8.76. The number of thiazole rings is 1. The molecule has 0 saturated heterocycles. The van der Waals surface area contributed by atoms with Gasteiger partial charge in [-0.15, -0.1) is 11.3 Å². The fraction of sp³-hybridized carbons (Fsp3) is 0.556. The van der Waals surface area contributed by atoms with E-state index >= 15 is 0 Å². The number of nitrogens with zero attached hydrogens (tertiary/aromatic N) is 1. The number of nitrogens with one attached hydrogen (secondary N) is 1. The van der Waals surface area contributed by atoms with Crippen LogP contribution in [0.3, 0.4) is 0 Å². The minimum Gasteiger partial charge on any atom is -0.476 e. The molecule has 1 heterocycles. The van der Waals surface area contributed by atoms with Crippen LogP contribution in [0.5, 0.6) is 5.88 Å². The predicted octanol–water partition coefficient (Wildman–Crippen LogP) is 1.29. The van der Waals surface area contributed by atoms with Crippen LogP contribution in [-0.2, 0) is 0 Å². The maximum absolute atomic E-state index is 11.3. The van der Waals surface area contributed by atoms with Crippen LogP contribution in [0.2, 0.25) is 0 Å². The Bertz CT molecular complexity index is 333. The molecule has 1 aliphatic rings. The Balaban J connectivity index is 2.00. The molecule has 76 valence electrons. The summed E-state index contributed by atoms with van der Waals surface area (Å²) in [5.74, 6) is 1.02. The van der Waals surface area contributed by atoms with Crippen LogP contribution in [0.4, 0.5) is 0 Å². The Morgan fingerprint density at radius 1 is 1.79 bits per heavy atom. The molecule has 4 nitrogen and oxygen atoms in total. The summed E-state index contributed by atoms with van der Waals surface area (Å²) in [6.07, 6.45) is 2.47. The first-order valence-corrected chi connectivity index (χ1v) is 5.47. The van der Waals surface area contributed by atoms with Crippen LogP contribution in [0.15, 0.2) is 5.51 Å². The van der Waals surface area contributed by atoms with Crippen molar-refractivity contribution in [3.05, 3.63) is 10.4 Å². The molecule has 1 fully saturated rings. The summed E-state index contributed by atoms with van der Waals surface area (Å²) in [5.41, 5.74) is 1.63. The van der Waals surface area contributed by atoms with Gasteiger partial charge in [-0.25, -0.2) is 4.98 Å². The first-order valence-electron chi connectivity index (χ1n) is 4.59. The lowest BCUT2D eigenvalue weighted by atomic mass is 10.4. The number of carbonyl (C=O) groups is 1. The third-order valence-corrected chi connectivity index (χ3v) is 2.93. The first-order chi connectivity index (χ1) is 6.81. The van der Waals surface area contributed by atoms with Crippen molar-refractivity contribution >= 4 is 17.2 Å². The molecule has 1 saturated carbocycles. The van der Waals surface area contributed by atoms with Gasteiger partial charge in [-0.1, -0.05) is 0 Å². The molecule has 1 N–H and O–H groups in total. The monoisotopic (exact) mass is 212 g/mol. The molecule has 0 aliphatic heterocycles. The molecule has 14 heavy (non-hydrogen) atoms. The maximum Gasteiger partial charge on any atom is 0.266 e. The first kappa shape index (κ1) is 9.45. The molecular formula is C9H12N2O2S. The summed E-state index contributed by atoms with van der Waals surface area (Å²) in [7, 11) is 1.60. The Hall–Kier alpha value is -1.10. The smallest absolute Gasteiger partial charge is 0.266 e. The Kier molecular flexibility index (Phi) is 2.67. The van der Waals surface area contributed by atoms with Crippen molar-refractivity contribution in [1.29, 1.82) is 0 Å². The molecule has 0 spiro atoms. The third kappa shape index (κ3) is 2.04. The molecule has 2 rings (SSSR count). The molecule has 1 amide bonds. The fourth-order valence-corrected chi connectivity index (χ4v) is 1.76. The Morgan fingerprint density at radius 3 is 3.21 bits per heavy atom. The Labute approximate surface area is 86.3 Å². The summed E-state index contributed by atoms with van der Waals surface area (Å²) in [6, 6.07) is 0. The fourth-order valence-electron chi connectivity index (χ4n) is 1.08. The number of amides is 1. The van der Waals surface area contributed by atoms with Crippen LogP contribution < -0.4 is 10.1 Å². The number of ether oxygens (including phenoxy) is 1. The predicted molar refractivity (Wildman–Crippen MR) is 53.7 cm³/mol. The van der Waals surface area contributed by atoms with Gasteiger partial charge < -0.3 is 10.1 Å². The van der Waals surface area contributed by atoms with E-state index < -0.39 is 0 Å². The van der Waals surface area contributed by atoms with Crippen LogP contribution >= 0.6 is 11.3 Å². The zero-order valence-electron chi connectivity index (χ0n) is 7.95. The van der Waals surface area contributed by atoms with Crippen molar-refractivity contribution in [2.24, 2.45) is 5.92 Å². The highest BCUT2D eigenvalue weighted by molar-refractivity contribution is 7.12. The van der Waals surface area contributed by atoms with Gasteiger partial charge in [-0.2, -0.15) is 0 Å². The molecule has 1 aromatic rings. The second-order valence-corrected chi connectivity index (χ2v) is 4.17. The minimum atomic E-state index is -0.127. The van der Waals surface area contributed by atoms with Crippen molar-refractivity contribution in [2.45, 2.75) is 12.8 Å². The molecule has 5 heteroatoms. The molecule has 0 unspecified atom stereocenters. The molecule has 1 aromatic heterocycles. The quantitative estimate of drug-likeness (QED) is 0.818. The summed E-state index contributed by atoms with van der Waals surface area (Å²) in [4.78, 5) is 15.9. The van der Waals surface area contributed by atoms with Crippen molar-refractivity contribution in [3.8, 4) is 5.88 Å². The largest absolute Gasteiger partial charge is 0.476 e. The average Bonchev–Trinajstić information content (AvgIpc) is 2.92. The van der Waals surface area contributed by atoms with E-state index in [4.69, 9.17) is 4.74 Å². The minimum absolute atomic E-state index is 0.127. The number of hydrogen-bond donors (Lipinski definition) is 1. The van der Waals surface area contributed by atoms with E-state index in [1.165, 1.54) is 24.2 Å². The molecule has 0 atom stereocenters. The maximum atomic E-state index is 11.3. The number of carbonyl (C=O) groups excluding carboxylic acids is 1. The van der Waals surface area contributed by atoms with Gasteiger partial charge in [0.2, 0.25) is 5.88 Å². The van der Waals surface area contributed by atoms with Gasteiger partial charge in [-0.3, -0.25) is 4.79 Å². The van der Waals surface area contributed by atoms with Crippen LogP contribution in [0.1, 0.15) is 22.5 Å². The van der Waals surface area contributed by atoms with Gasteiger partial charge in [0, 0.05) is 7.05 Å². The second kappa shape index (κ2) is 3.96. The summed E-state index contributed by atoms with van der Waals surface area (Å²) in [5, 5.41) is 2.56. The van der Waals surface area contributed by atoms with Crippen LogP contribution in [-0.4, -0.2) is 24.5 Å². The van der Waals surface area contributed by atoms with Crippen molar-refractivity contribution < 1.29 is 9.53 Å². The van der Waals surface area contributed by atoms with E-state index in [0.29, 0.717) is 23.3 Å². The van der Waals surface area contributed by atoms with E-state index in [1.54, 1.807) is 12.6 Å². The number of aromatic nitrogens is 1. The van der Waals surface area contributed by atoms with Crippen LogP contribution in [0, 0.1) is 5.92 Å². The summed E-state index contributed by atoms with van der Waals surface area (Å²) >= 11 is 1.31. The molecular weight excluding hydrogens is 200 g/mol. The SMILES string of the molecule is CNC(=O)c1scnc1OCC1CC1. The van der Waals surface area contributed by atoms with Gasteiger partial charge in [0.1, 0.15) is 0 Å². The zero-order chi connectivity index (χ0) is 9.97. The molecule has 1 aliphatic carbocycles. The highest BCUT2D eigenvalue weighted by Gasteiger charge is 2.23. The lowest BCUT2D eigenvalue weighted by molar-refractivity contribution is 0.0962. The lowest BCUT2D eigenvalue weighted by Crippen LogP contribution is -2.17. The van der Waals surface area contributed by atoms with E-state index in [0.717, 1.165) is 0 Å². The summed E-state index contributed by atoms with van der Waals surface area (Å²) in [6.45, 7) is 0.688.